The van der Waals surface area contributed by atoms with Gasteiger partial charge in [0.15, 0.2) is 5.75 Å². The minimum atomic E-state index is -0.617. The summed E-state index contributed by atoms with van der Waals surface area (Å²) in [5, 5.41) is 3.69. The predicted octanol–water partition coefficient (Wildman–Crippen LogP) is 2.84. The Kier molecular flexibility index (Phi) is 4.54. The second kappa shape index (κ2) is 6.19. The number of nitrogens with one attached hydrogen (secondary N) is 1. The fourth-order valence-electron chi connectivity index (χ4n) is 1.76. The summed E-state index contributed by atoms with van der Waals surface area (Å²) in [5.41, 5.74) is 12.0. The maximum Gasteiger partial charge on any atom is 0.261 e. The summed E-state index contributed by atoms with van der Waals surface area (Å²) >= 11 is 6.82. The van der Waals surface area contributed by atoms with Gasteiger partial charge < -0.3 is 21.5 Å². The first kappa shape index (κ1) is 15.4. The molecule has 0 radical (unpaired) electrons. The van der Waals surface area contributed by atoms with Crippen molar-refractivity contribution in [1.82, 2.24) is 0 Å². The van der Waals surface area contributed by atoms with Crippen molar-refractivity contribution in [2.45, 2.75) is 6.54 Å². The lowest BCUT2D eigenvalue weighted by molar-refractivity contribution is 0.100. The standard InChI is InChI=1S/C13H13ClFN3O2S/c1-20-10-9(16)11(12(17)19)21-13(10)18-5-6-2-3-8(15)7(14)4-6/h2-4,18H,5,16H2,1H3,(H2,17,19). The van der Waals surface area contributed by atoms with Crippen molar-refractivity contribution in [3.05, 3.63) is 39.5 Å². The summed E-state index contributed by atoms with van der Waals surface area (Å²) in [7, 11) is 1.45. The van der Waals surface area contributed by atoms with Crippen LogP contribution in [0, 0.1) is 5.82 Å². The Hall–Kier alpha value is -1.99. The Balaban J connectivity index is 2.21. The molecule has 1 amide bonds. The number of benzene rings is 1. The van der Waals surface area contributed by atoms with Crippen LogP contribution < -0.4 is 21.5 Å². The van der Waals surface area contributed by atoms with E-state index in [0.29, 0.717) is 17.3 Å². The van der Waals surface area contributed by atoms with E-state index in [-0.39, 0.29) is 15.6 Å². The Bertz CT molecular complexity index is 690. The van der Waals surface area contributed by atoms with Gasteiger partial charge in [0.2, 0.25) is 0 Å². The molecule has 8 heteroatoms. The number of nitrogens with two attached hydrogens (primary N) is 2. The van der Waals surface area contributed by atoms with Crippen LogP contribution in [0.1, 0.15) is 15.2 Å². The van der Waals surface area contributed by atoms with E-state index in [1.807, 2.05) is 0 Å². The Morgan fingerprint density at radius 1 is 1.52 bits per heavy atom. The maximum atomic E-state index is 13.1. The number of carbonyl (C=O) groups excluding carboxylic acids is 1. The van der Waals surface area contributed by atoms with Crippen LogP contribution in [0.25, 0.3) is 0 Å². The van der Waals surface area contributed by atoms with E-state index in [4.69, 9.17) is 27.8 Å². The summed E-state index contributed by atoms with van der Waals surface area (Å²) < 4.78 is 18.3. The molecule has 21 heavy (non-hydrogen) atoms. The number of rotatable bonds is 5. The lowest BCUT2D eigenvalue weighted by atomic mass is 10.2. The van der Waals surface area contributed by atoms with Gasteiger partial charge in [-0.15, -0.1) is 11.3 Å². The fraction of sp³-hybridized carbons (Fsp3) is 0.154. The minimum Gasteiger partial charge on any atom is -0.492 e. The molecule has 0 saturated carbocycles. The van der Waals surface area contributed by atoms with Crippen molar-refractivity contribution in [2.24, 2.45) is 5.73 Å². The number of nitrogen functional groups attached to an aromatic ring is 1. The third-order valence-electron chi connectivity index (χ3n) is 2.76. The van der Waals surface area contributed by atoms with E-state index >= 15 is 0 Å². The van der Waals surface area contributed by atoms with E-state index in [1.165, 1.54) is 19.2 Å². The van der Waals surface area contributed by atoms with Crippen molar-refractivity contribution in [3.63, 3.8) is 0 Å². The first-order chi connectivity index (χ1) is 9.93. The molecule has 0 atom stereocenters. The van der Waals surface area contributed by atoms with Crippen LogP contribution in [-0.2, 0) is 6.54 Å². The summed E-state index contributed by atoms with van der Waals surface area (Å²) in [4.78, 5) is 11.5. The highest BCUT2D eigenvalue weighted by Gasteiger charge is 2.20. The number of thiophene rings is 1. The third kappa shape index (κ3) is 3.20. The molecule has 2 aromatic rings. The monoisotopic (exact) mass is 329 g/mol. The number of anilines is 2. The molecule has 0 aliphatic heterocycles. The number of hydrogen-bond donors (Lipinski definition) is 3. The topological polar surface area (TPSA) is 90.4 Å². The molecule has 0 spiro atoms. The van der Waals surface area contributed by atoms with Crippen molar-refractivity contribution in [3.8, 4) is 5.75 Å². The van der Waals surface area contributed by atoms with Crippen LogP contribution in [-0.4, -0.2) is 13.0 Å². The minimum absolute atomic E-state index is 0.0461. The average Bonchev–Trinajstić information content (AvgIpc) is 2.76. The molecular weight excluding hydrogens is 317 g/mol. The molecule has 0 unspecified atom stereocenters. The molecule has 0 saturated heterocycles. The zero-order chi connectivity index (χ0) is 15.6. The van der Waals surface area contributed by atoms with Gasteiger partial charge in [-0.1, -0.05) is 17.7 Å². The third-order valence-corrected chi connectivity index (χ3v) is 4.21. The first-order valence-electron chi connectivity index (χ1n) is 5.88. The molecule has 5 nitrogen and oxygen atoms in total. The number of amides is 1. The lowest BCUT2D eigenvalue weighted by Crippen LogP contribution is -2.10. The van der Waals surface area contributed by atoms with Gasteiger partial charge >= 0.3 is 0 Å². The Labute approximate surface area is 129 Å². The molecule has 0 fully saturated rings. The molecule has 1 aromatic heterocycles. The number of halogens is 2. The van der Waals surface area contributed by atoms with Gasteiger partial charge in [-0.3, -0.25) is 4.79 Å². The molecule has 112 valence electrons. The van der Waals surface area contributed by atoms with Crippen LogP contribution in [0.4, 0.5) is 15.1 Å². The SMILES string of the molecule is COc1c(NCc2ccc(F)c(Cl)c2)sc(C(N)=O)c1N. The van der Waals surface area contributed by atoms with E-state index in [0.717, 1.165) is 16.9 Å². The van der Waals surface area contributed by atoms with Crippen LogP contribution in [0.5, 0.6) is 5.75 Å². The fourth-order valence-corrected chi connectivity index (χ4v) is 2.90. The number of ether oxygens (including phenoxy) is 1. The molecule has 0 aliphatic rings. The number of carbonyl (C=O) groups is 1. The van der Waals surface area contributed by atoms with Gasteiger partial charge in [-0.25, -0.2) is 4.39 Å². The molecule has 1 aromatic carbocycles. The molecule has 0 bridgehead atoms. The van der Waals surface area contributed by atoms with E-state index in [1.54, 1.807) is 6.07 Å². The number of methoxy groups -OCH3 is 1. The number of hydrogen-bond acceptors (Lipinski definition) is 5. The second-order valence-corrected chi connectivity index (χ2v) is 5.60. The Morgan fingerprint density at radius 2 is 2.24 bits per heavy atom. The van der Waals surface area contributed by atoms with Crippen molar-refractivity contribution >= 4 is 39.5 Å². The van der Waals surface area contributed by atoms with Crippen molar-refractivity contribution in [2.75, 3.05) is 18.2 Å². The van der Waals surface area contributed by atoms with Crippen molar-refractivity contribution in [1.29, 1.82) is 0 Å². The van der Waals surface area contributed by atoms with Crippen LogP contribution >= 0.6 is 22.9 Å². The molecule has 1 heterocycles. The van der Waals surface area contributed by atoms with Gasteiger partial charge in [0.1, 0.15) is 21.4 Å². The van der Waals surface area contributed by atoms with E-state index < -0.39 is 11.7 Å². The van der Waals surface area contributed by atoms with Gasteiger partial charge in [0.05, 0.1) is 12.1 Å². The molecule has 0 aliphatic carbocycles. The Morgan fingerprint density at radius 3 is 2.81 bits per heavy atom. The summed E-state index contributed by atoms with van der Waals surface area (Å²) in [6.07, 6.45) is 0. The van der Waals surface area contributed by atoms with Crippen LogP contribution in [0.2, 0.25) is 5.02 Å². The van der Waals surface area contributed by atoms with Gasteiger partial charge in [0, 0.05) is 6.54 Å². The number of primary amides is 1. The molecule has 5 N–H and O–H groups in total. The first-order valence-corrected chi connectivity index (χ1v) is 7.07. The van der Waals surface area contributed by atoms with Gasteiger partial charge in [-0.05, 0) is 17.7 Å². The highest BCUT2D eigenvalue weighted by Crippen LogP contribution is 2.42. The predicted molar refractivity (Wildman–Crippen MR) is 82.5 cm³/mol. The second-order valence-electron chi connectivity index (χ2n) is 4.17. The quantitative estimate of drug-likeness (QED) is 0.786. The normalized spacial score (nSPS) is 10.4. The van der Waals surface area contributed by atoms with Crippen molar-refractivity contribution < 1.29 is 13.9 Å². The van der Waals surface area contributed by atoms with Crippen LogP contribution in [0.15, 0.2) is 18.2 Å². The van der Waals surface area contributed by atoms with Gasteiger partial charge in [-0.2, -0.15) is 0 Å². The highest BCUT2D eigenvalue weighted by atomic mass is 35.5. The molecule has 2 rings (SSSR count). The zero-order valence-corrected chi connectivity index (χ0v) is 12.6. The van der Waals surface area contributed by atoms with Gasteiger partial charge in [0.25, 0.3) is 5.91 Å². The molecular formula is C13H13ClFN3O2S. The van der Waals surface area contributed by atoms with E-state index in [9.17, 15) is 9.18 Å². The highest BCUT2D eigenvalue weighted by molar-refractivity contribution is 7.19. The smallest absolute Gasteiger partial charge is 0.261 e. The largest absolute Gasteiger partial charge is 0.492 e. The van der Waals surface area contributed by atoms with Crippen LogP contribution in [0.3, 0.4) is 0 Å². The summed E-state index contributed by atoms with van der Waals surface area (Å²) in [6.45, 7) is 0.370. The van der Waals surface area contributed by atoms with E-state index in [2.05, 4.69) is 5.32 Å². The average molecular weight is 330 g/mol. The summed E-state index contributed by atoms with van der Waals surface area (Å²) in [6, 6.07) is 4.41. The lowest BCUT2D eigenvalue weighted by Gasteiger charge is -2.07. The summed E-state index contributed by atoms with van der Waals surface area (Å²) in [5.74, 6) is -0.731. The maximum absolute atomic E-state index is 13.1. The zero-order valence-electron chi connectivity index (χ0n) is 11.1.